The molecule has 2 aromatic rings. The number of hydrogen-bond acceptors (Lipinski definition) is 4. The van der Waals surface area contributed by atoms with Gasteiger partial charge in [0.15, 0.2) is 0 Å². The minimum absolute atomic E-state index is 0. The highest BCUT2D eigenvalue weighted by atomic mass is 35.5. The Labute approximate surface area is 147 Å². The lowest BCUT2D eigenvalue weighted by Crippen LogP contribution is -2.39. The SMILES string of the molecule is COc1ccc(-c2[nH]ncc2C(=O)NC2CCCC2CN)cc1.Cl. The van der Waals surface area contributed by atoms with Crippen LogP contribution in [0.25, 0.3) is 11.3 Å². The summed E-state index contributed by atoms with van der Waals surface area (Å²) in [5.74, 6) is 1.04. The Kier molecular flexibility index (Phi) is 6.23. The first kappa shape index (κ1) is 18.3. The molecule has 1 heterocycles. The molecule has 1 fully saturated rings. The number of amides is 1. The van der Waals surface area contributed by atoms with E-state index >= 15 is 0 Å². The van der Waals surface area contributed by atoms with Crippen molar-refractivity contribution in [2.45, 2.75) is 25.3 Å². The van der Waals surface area contributed by atoms with Gasteiger partial charge in [-0.2, -0.15) is 5.10 Å². The van der Waals surface area contributed by atoms with E-state index in [9.17, 15) is 4.79 Å². The summed E-state index contributed by atoms with van der Waals surface area (Å²) in [6.07, 6.45) is 4.76. The first-order valence-electron chi connectivity index (χ1n) is 7.91. The molecular weight excluding hydrogens is 328 g/mol. The zero-order chi connectivity index (χ0) is 16.2. The van der Waals surface area contributed by atoms with Gasteiger partial charge in [0.05, 0.1) is 24.6 Å². The third-order valence-electron chi connectivity index (χ3n) is 4.54. The van der Waals surface area contributed by atoms with Gasteiger partial charge in [0.25, 0.3) is 5.91 Å². The summed E-state index contributed by atoms with van der Waals surface area (Å²) in [6.45, 7) is 0.613. The van der Waals surface area contributed by atoms with Crippen molar-refractivity contribution in [2.24, 2.45) is 11.7 Å². The number of H-pyrrole nitrogens is 1. The molecule has 1 aliphatic carbocycles. The van der Waals surface area contributed by atoms with Gasteiger partial charge in [-0.05, 0) is 49.6 Å². The van der Waals surface area contributed by atoms with Crippen LogP contribution in [-0.2, 0) is 0 Å². The van der Waals surface area contributed by atoms with Gasteiger partial charge in [0.1, 0.15) is 5.75 Å². The summed E-state index contributed by atoms with van der Waals surface area (Å²) < 4.78 is 5.16. The number of aromatic amines is 1. The standard InChI is InChI=1S/C17H22N4O2.ClH/c1-23-13-7-5-11(6-8-13)16-14(10-19-21-16)17(22)20-15-4-2-3-12(15)9-18;/h5-8,10,12,15H,2-4,9,18H2,1H3,(H,19,21)(H,20,22);1H. The Hall–Kier alpha value is -2.05. The number of nitrogens with two attached hydrogens (primary N) is 1. The highest BCUT2D eigenvalue weighted by molar-refractivity contribution is 5.99. The van der Waals surface area contributed by atoms with Crippen LogP contribution in [-0.4, -0.2) is 35.8 Å². The van der Waals surface area contributed by atoms with Crippen molar-refractivity contribution in [1.29, 1.82) is 0 Å². The van der Waals surface area contributed by atoms with Gasteiger partial charge in [-0.3, -0.25) is 9.89 Å². The van der Waals surface area contributed by atoms with Gasteiger partial charge in [-0.25, -0.2) is 0 Å². The molecule has 3 rings (SSSR count). The van der Waals surface area contributed by atoms with E-state index in [1.165, 1.54) is 0 Å². The number of ether oxygens (including phenoxy) is 1. The molecule has 1 aliphatic rings. The molecule has 0 spiro atoms. The Morgan fingerprint density at radius 2 is 2.12 bits per heavy atom. The first-order chi connectivity index (χ1) is 11.2. The molecule has 6 nitrogen and oxygen atoms in total. The number of benzene rings is 1. The Balaban J connectivity index is 0.00000208. The second-order valence-electron chi connectivity index (χ2n) is 5.89. The summed E-state index contributed by atoms with van der Waals surface area (Å²) in [4.78, 5) is 12.6. The van der Waals surface area contributed by atoms with Crippen LogP contribution in [0, 0.1) is 5.92 Å². The molecule has 0 saturated heterocycles. The quantitative estimate of drug-likeness (QED) is 0.771. The number of methoxy groups -OCH3 is 1. The molecule has 7 heteroatoms. The molecule has 4 N–H and O–H groups in total. The van der Waals surface area contributed by atoms with E-state index in [-0.39, 0.29) is 24.4 Å². The first-order valence-corrected chi connectivity index (χ1v) is 7.91. The van der Waals surface area contributed by atoms with Crippen LogP contribution in [0.1, 0.15) is 29.6 Å². The topological polar surface area (TPSA) is 93.0 Å². The predicted molar refractivity (Wildman–Crippen MR) is 95.5 cm³/mol. The molecule has 0 bridgehead atoms. The van der Waals surface area contributed by atoms with E-state index in [0.29, 0.717) is 23.7 Å². The number of nitrogens with zero attached hydrogens (tertiary/aromatic N) is 1. The Morgan fingerprint density at radius 3 is 2.79 bits per heavy atom. The number of carbonyl (C=O) groups is 1. The molecule has 0 aliphatic heterocycles. The Bertz CT molecular complexity index is 671. The number of rotatable bonds is 5. The largest absolute Gasteiger partial charge is 0.497 e. The van der Waals surface area contributed by atoms with Crippen LogP contribution in [0.5, 0.6) is 5.75 Å². The number of halogens is 1. The van der Waals surface area contributed by atoms with Crippen LogP contribution >= 0.6 is 12.4 Å². The van der Waals surface area contributed by atoms with Gasteiger partial charge in [0.2, 0.25) is 0 Å². The van der Waals surface area contributed by atoms with Crippen LogP contribution in [0.2, 0.25) is 0 Å². The predicted octanol–water partition coefficient (Wildman–Crippen LogP) is 2.36. The molecule has 1 aromatic carbocycles. The summed E-state index contributed by atoms with van der Waals surface area (Å²) in [6, 6.07) is 7.69. The molecule has 1 saturated carbocycles. The number of hydrogen-bond donors (Lipinski definition) is 3. The highest BCUT2D eigenvalue weighted by Gasteiger charge is 2.28. The summed E-state index contributed by atoms with van der Waals surface area (Å²) in [5, 5.41) is 10.1. The van der Waals surface area contributed by atoms with E-state index in [1.54, 1.807) is 13.3 Å². The second-order valence-corrected chi connectivity index (χ2v) is 5.89. The van der Waals surface area contributed by atoms with Crippen LogP contribution in [0.4, 0.5) is 0 Å². The van der Waals surface area contributed by atoms with Crippen molar-refractivity contribution >= 4 is 18.3 Å². The van der Waals surface area contributed by atoms with Gasteiger partial charge >= 0.3 is 0 Å². The lowest BCUT2D eigenvalue weighted by molar-refractivity contribution is 0.0929. The summed E-state index contributed by atoms with van der Waals surface area (Å²) in [5.41, 5.74) is 7.95. The third kappa shape index (κ3) is 3.71. The van der Waals surface area contributed by atoms with E-state index in [4.69, 9.17) is 10.5 Å². The lowest BCUT2D eigenvalue weighted by Gasteiger charge is -2.19. The van der Waals surface area contributed by atoms with Crippen LogP contribution < -0.4 is 15.8 Å². The molecule has 1 aromatic heterocycles. The molecule has 0 radical (unpaired) electrons. The third-order valence-corrected chi connectivity index (χ3v) is 4.54. The van der Waals surface area contributed by atoms with E-state index in [1.807, 2.05) is 24.3 Å². The Morgan fingerprint density at radius 1 is 1.38 bits per heavy atom. The summed E-state index contributed by atoms with van der Waals surface area (Å²) >= 11 is 0. The van der Waals surface area contributed by atoms with Crippen molar-refractivity contribution < 1.29 is 9.53 Å². The molecule has 24 heavy (non-hydrogen) atoms. The molecule has 1 amide bonds. The maximum absolute atomic E-state index is 12.6. The number of aromatic nitrogens is 2. The van der Waals surface area contributed by atoms with Crippen molar-refractivity contribution in [1.82, 2.24) is 15.5 Å². The molecule has 2 unspecified atom stereocenters. The smallest absolute Gasteiger partial charge is 0.255 e. The van der Waals surface area contributed by atoms with Crippen molar-refractivity contribution in [3.05, 3.63) is 36.0 Å². The van der Waals surface area contributed by atoms with Gasteiger partial charge in [-0.15, -0.1) is 12.4 Å². The van der Waals surface area contributed by atoms with E-state index in [0.717, 1.165) is 30.6 Å². The average molecular weight is 351 g/mol. The van der Waals surface area contributed by atoms with E-state index < -0.39 is 0 Å². The van der Waals surface area contributed by atoms with Gasteiger partial charge < -0.3 is 15.8 Å². The summed E-state index contributed by atoms with van der Waals surface area (Å²) in [7, 11) is 1.62. The number of carbonyl (C=O) groups excluding carboxylic acids is 1. The van der Waals surface area contributed by atoms with Crippen LogP contribution in [0.15, 0.2) is 30.5 Å². The molecule has 2 atom stereocenters. The lowest BCUT2D eigenvalue weighted by atomic mass is 10.0. The zero-order valence-electron chi connectivity index (χ0n) is 13.6. The average Bonchev–Trinajstić information content (AvgIpc) is 3.23. The minimum atomic E-state index is -0.102. The van der Waals surface area contributed by atoms with E-state index in [2.05, 4.69) is 15.5 Å². The van der Waals surface area contributed by atoms with Crippen molar-refractivity contribution in [2.75, 3.05) is 13.7 Å². The minimum Gasteiger partial charge on any atom is -0.497 e. The number of nitrogens with one attached hydrogen (secondary N) is 2. The zero-order valence-corrected chi connectivity index (χ0v) is 14.4. The van der Waals surface area contributed by atoms with Gasteiger partial charge in [0, 0.05) is 11.6 Å². The molecule has 130 valence electrons. The fourth-order valence-corrected chi connectivity index (χ4v) is 3.19. The fraction of sp³-hybridized carbons (Fsp3) is 0.412. The van der Waals surface area contributed by atoms with Crippen LogP contribution in [0.3, 0.4) is 0 Å². The van der Waals surface area contributed by atoms with Crippen molar-refractivity contribution in [3.8, 4) is 17.0 Å². The maximum Gasteiger partial charge on any atom is 0.255 e. The normalized spacial score (nSPS) is 19.6. The van der Waals surface area contributed by atoms with Crippen molar-refractivity contribution in [3.63, 3.8) is 0 Å². The maximum atomic E-state index is 12.6. The molecular formula is C17H23ClN4O2. The monoisotopic (exact) mass is 350 g/mol. The highest BCUT2D eigenvalue weighted by Crippen LogP contribution is 2.27. The van der Waals surface area contributed by atoms with Gasteiger partial charge in [-0.1, -0.05) is 6.42 Å². The fourth-order valence-electron chi connectivity index (χ4n) is 3.19. The second kappa shape index (κ2) is 8.17.